The highest BCUT2D eigenvalue weighted by Crippen LogP contribution is 2.15. The van der Waals surface area contributed by atoms with Crippen LogP contribution in [-0.4, -0.2) is 28.6 Å². The minimum Gasteiger partial charge on any atom is -0.484 e. The molecule has 1 aromatic heterocycles. The molecule has 0 bridgehead atoms. The van der Waals surface area contributed by atoms with Crippen molar-refractivity contribution in [3.8, 4) is 5.75 Å². The largest absolute Gasteiger partial charge is 0.484 e. The van der Waals surface area contributed by atoms with E-state index in [1.807, 2.05) is 48.5 Å². The fraction of sp³-hybridized carbons (Fsp3) is 0.333. The number of fused-ring (bicyclic) bond motifs is 1. The quantitative estimate of drug-likeness (QED) is 0.601. The van der Waals surface area contributed by atoms with Crippen molar-refractivity contribution in [2.45, 2.75) is 25.7 Å². The molecule has 0 spiro atoms. The van der Waals surface area contributed by atoms with Crippen LogP contribution in [0.1, 0.15) is 25.1 Å². The molecule has 5 heteroatoms. The van der Waals surface area contributed by atoms with Crippen LogP contribution in [0.4, 0.5) is 0 Å². The molecule has 0 radical (unpaired) electrons. The summed E-state index contributed by atoms with van der Waals surface area (Å²) < 4.78 is 7.59. The Morgan fingerprint density at radius 1 is 1.04 bits per heavy atom. The van der Waals surface area contributed by atoms with Crippen LogP contribution in [0.5, 0.6) is 5.75 Å². The number of aryl methyl sites for hydroxylation is 2. The maximum absolute atomic E-state index is 11.8. The second-order valence-electron chi connectivity index (χ2n) is 6.34. The van der Waals surface area contributed by atoms with Gasteiger partial charge < -0.3 is 14.6 Å². The molecule has 5 nitrogen and oxygen atoms in total. The van der Waals surface area contributed by atoms with Crippen LogP contribution in [0.15, 0.2) is 54.6 Å². The van der Waals surface area contributed by atoms with Crippen molar-refractivity contribution in [1.82, 2.24) is 14.9 Å². The number of ether oxygens (including phenoxy) is 1. The van der Waals surface area contributed by atoms with Crippen LogP contribution in [-0.2, 0) is 18.3 Å². The fourth-order valence-electron chi connectivity index (χ4n) is 2.95. The highest BCUT2D eigenvalue weighted by Gasteiger charge is 2.06. The Kier molecular flexibility index (Phi) is 6.25. The SMILES string of the molecule is Cn1c(CCCCCNC(=O)COc2ccccc2)nc2ccccc21. The van der Waals surface area contributed by atoms with Gasteiger partial charge in [0.15, 0.2) is 6.61 Å². The van der Waals surface area contributed by atoms with Crippen molar-refractivity contribution >= 4 is 16.9 Å². The molecule has 0 aliphatic heterocycles. The van der Waals surface area contributed by atoms with Gasteiger partial charge in [0.25, 0.3) is 5.91 Å². The average Bonchev–Trinajstić information content (AvgIpc) is 3.00. The van der Waals surface area contributed by atoms with Crippen molar-refractivity contribution < 1.29 is 9.53 Å². The third-order valence-corrected chi connectivity index (χ3v) is 4.39. The summed E-state index contributed by atoms with van der Waals surface area (Å²) in [6, 6.07) is 17.6. The molecule has 26 heavy (non-hydrogen) atoms. The smallest absolute Gasteiger partial charge is 0.257 e. The first-order valence-electron chi connectivity index (χ1n) is 9.09. The number of amides is 1. The predicted octanol–water partition coefficient (Wildman–Crippen LogP) is 3.48. The van der Waals surface area contributed by atoms with Crippen molar-refractivity contribution in [2.75, 3.05) is 13.2 Å². The Bertz CT molecular complexity index is 843. The lowest BCUT2D eigenvalue weighted by atomic mass is 10.2. The van der Waals surface area contributed by atoms with E-state index >= 15 is 0 Å². The Morgan fingerprint density at radius 2 is 1.81 bits per heavy atom. The van der Waals surface area contributed by atoms with E-state index in [1.165, 1.54) is 5.52 Å². The van der Waals surface area contributed by atoms with E-state index in [1.54, 1.807) is 0 Å². The third kappa shape index (κ3) is 4.85. The molecule has 3 aromatic rings. The number of rotatable bonds is 9. The van der Waals surface area contributed by atoms with E-state index in [2.05, 4.69) is 28.0 Å². The summed E-state index contributed by atoms with van der Waals surface area (Å²) in [5.74, 6) is 1.75. The molecule has 0 unspecified atom stereocenters. The highest BCUT2D eigenvalue weighted by molar-refractivity contribution is 5.77. The lowest BCUT2D eigenvalue weighted by molar-refractivity contribution is -0.123. The Balaban J connectivity index is 1.30. The lowest BCUT2D eigenvalue weighted by Crippen LogP contribution is -2.29. The molecule has 0 fully saturated rings. The van der Waals surface area contributed by atoms with E-state index in [9.17, 15) is 4.79 Å². The number of aromatic nitrogens is 2. The molecule has 1 N–H and O–H groups in total. The van der Waals surface area contributed by atoms with Crippen molar-refractivity contribution in [2.24, 2.45) is 7.05 Å². The van der Waals surface area contributed by atoms with E-state index in [-0.39, 0.29) is 12.5 Å². The molecule has 0 saturated heterocycles. The second-order valence-corrected chi connectivity index (χ2v) is 6.34. The summed E-state index contributed by atoms with van der Waals surface area (Å²) in [6.07, 6.45) is 4.04. The first kappa shape index (κ1) is 18.0. The number of hydrogen-bond donors (Lipinski definition) is 1. The first-order valence-corrected chi connectivity index (χ1v) is 9.09. The normalized spacial score (nSPS) is 10.8. The van der Waals surface area contributed by atoms with Gasteiger partial charge in [-0.3, -0.25) is 4.79 Å². The van der Waals surface area contributed by atoms with Gasteiger partial charge >= 0.3 is 0 Å². The number of nitrogens with zero attached hydrogens (tertiary/aromatic N) is 2. The molecular formula is C21H25N3O2. The van der Waals surface area contributed by atoms with Gasteiger partial charge in [-0.15, -0.1) is 0 Å². The van der Waals surface area contributed by atoms with Gasteiger partial charge in [0.05, 0.1) is 11.0 Å². The standard InChI is InChI=1S/C21H25N3O2/c1-24-19-13-8-7-12-18(19)23-20(24)14-6-3-9-15-22-21(25)16-26-17-10-4-2-5-11-17/h2,4-5,7-8,10-13H,3,6,9,14-16H2,1H3,(H,22,25). The lowest BCUT2D eigenvalue weighted by Gasteiger charge is -2.07. The molecule has 1 heterocycles. The molecule has 0 aliphatic carbocycles. The number of nitrogens with one attached hydrogen (secondary N) is 1. The number of unbranched alkanes of at least 4 members (excludes halogenated alkanes) is 2. The zero-order chi connectivity index (χ0) is 18.2. The number of carbonyl (C=O) groups is 1. The fourth-order valence-corrected chi connectivity index (χ4v) is 2.95. The summed E-state index contributed by atoms with van der Waals surface area (Å²) in [5, 5.41) is 2.90. The van der Waals surface area contributed by atoms with Crippen LogP contribution in [0.25, 0.3) is 11.0 Å². The van der Waals surface area contributed by atoms with E-state index in [0.717, 1.165) is 37.0 Å². The van der Waals surface area contributed by atoms with Gasteiger partial charge in [0, 0.05) is 20.0 Å². The molecule has 0 atom stereocenters. The van der Waals surface area contributed by atoms with Gasteiger partial charge in [-0.1, -0.05) is 36.8 Å². The maximum Gasteiger partial charge on any atom is 0.257 e. The van der Waals surface area contributed by atoms with Crippen LogP contribution in [0, 0.1) is 0 Å². The van der Waals surface area contributed by atoms with Crippen LogP contribution in [0.2, 0.25) is 0 Å². The molecule has 3 rings (SSSR count). The molecular weight excluding hydrogens is 326 g/mol. The summed E-state index contributed by atoms with van der Waals surface area (Å²) in [4.78, 5) is 16.5. The van der Waals surface area contributed by atoms with Crippen molar-refractivity contribution in [1.29, 1.82) is 0 Å². The minimum atomic E-state index is -0.0794. The Hall–Kier alpha value is -2.82. The molecule has 2 aromatic carbocycles. The van der Waals surface area contributed by atoms with Crippen molar-refractivity contribution in [3.63, 3.8) is 0 Å². The molecule has 0 aliphatic rings. The number of para-hydroxylation sites is 3. The minimum absolute atomic E-state index is 0.0594. The highest BCUT2D eigenvalue weighted by atomic mass is 16.5. The number of hydrogen-bond acceptors (Lipinski definition) is 3. The van der Waals surface area contributed by atoms with E-state index < -0.39 is 0 Å². The average molecular weight is 351 g/mol. The zero-order valence-electron chi connectivity index (χ0n) is 15.1. The topological polar surface area (TPSA) is 56.2 Å². The first-order chi connectivity index (χ1) is 12.7. The number of benzene rings is 2. The molecule has 1 amide bonds. The maximum atomic E-state index is 11.8. The molecule has 136 valence electrons. The predicted molar refractivity (Wildman–Crippen MR) is 103 cm³/mol. The monoisotopic (exact) mass is 351 g/mol. The van der Waals surface area contributed by atoms with Crippen LogP contribution >= 0.6 is 0 Å². The van der Waals surface area contributed by atoms with Gasteiger partial charge in [0.2, 0.25) is 0 Å². The van der Waals surface area contributed by atoms with Gasteiger partial charge in [-0.2, -0.15) is 0 Å². The molecule has 0 saturated carbocycles. The van der Waals surface area contributed by atoms with Crippen LogP contribution < -0.4 is 10.1 Å². The van der Waals surface area contributed by atoms with Gasteiger partial charge in [-0.25, -0.2) is 4.98 Å². The number of carbonyl (C=O) groups excluding carboxylic acids is 1. The van der Waals surface area contributed by atoms with E-state index in [0.29, 0.717) is 12.3 Å². The van der Waals surface area contributed by atoms with Crippen LogP contribution in [0.3, 0.4) is 0 Å². The van der Waals surface area contributed by atoms with Crippen molar-refractivity contribution in [3.05, 3.63) is 60.4 Å². The summed E-state index contributed by atoms with van der Waals surface area (Å²) in [5.41, 5.74) is 2.23. The van der Waals surface area contributed by atoms with Gasteiger partial charge in [-0.05, 0) is 37.1 Å². The summed E-state index contributed by atoms with van der Waals surface area (Å²) in [6.45, 7) is 0.739. The van der Waals surface area contributed by atoms with Gasteiger partial charge in [0.1, 0.15) is 11.6 Å². The summed E-state index contributed by atoms with van der Waals surface area (Å²) in [7, 11) is 2.07. The number of imidazole rings is 1. The summed E-state index contributed by atoms with van der Waals surface area (Å²) >= 11 is 0. The third-order valence-electron chi connectivity index (χ3n) is 4.39. The van der Waals surface area contributed by atoms with E-state index in [4.69, 9.17) is 4.74 Å². The Morgan fingerprint density at radius 3 is 2.62 bits per heavy atom. The second kappa shape index (κ2) is 9.04. The Labute approximate surface area is 154 Å². The zero-order valence-corrected chi connectivity index (χ0v) is 15.1.